The van der Waals surface area contributed by atoms with E-state index in [0.29, 0.717) is 22.0 Å². The number of halogens is 3. The van der Waals surface area contributed by atoms with Crippen LogP contribution < -0.4 is 9.47 Å². The van der Waals surface area contributed by atoms with Gasteiger partial charge in [0, 0.05) is 39.9 Å². The van der Waals surface area contributed by atoms with Gasteiger partial charge in [-0.05, 0) is 59.0 Å². The number of aliphatic carboxylic acids is 1. The maximum absolute atomic E-state index is 13.5. The molecule has 3 rings (SSSR count). The number of alkyl halides is 2. The monoisotopic (exact) mass is 507 g/mol. The molecule has 0 spiro atoms. The molecule has 2 unspecified atom stereocenters. The van der Waals surface area contributed by atoms with Crippen molar-refractivity contribution in [1.82, 2.24) is 4.57 Å². The molecule has 1 heterocycles. The van der Waals surface area contributed by atoms with Gasteiger partial charge in [-0.1, -0.05) is 36.7 Å². The highest BCUT2D eigenvalue weighted by molar-refractivity contribution is 7.17. The molecule has 0 aliphatic carbocycles. The number of ether oxygens (including phenoxy) is 2. The van der Waals surface area contributed by atoms with Crippen molar-refractivity contribution in [1.29, 1.82) is 0 Å². The number of allylic oxidation sites excluding steroid dienone is 4. The third-order valence-corrected chi connectivity index (χ3v) is 5.65. The quantitative estimate of drug-likeness (QED) is 0.250. The van der Waals surface area contributed by atoms with Gasteiger partial charge in [-0.15, -0.1) is 0 Å². The van der Waals surface area contributed by atoms with Crippen LogP contribution in [0.1, 0.15) is 31.0 Å². The van der Waals surface area contributed by atoms with E-state index >= 15 is 0 Å². The molecule has 0 radical (unpaired) electrons. The lowest BCUT2D eigenvalue weighted by molar-refractivity contribution is -0.139. The zero-order chi connectivity index (χ0) is 25.0. The first-order valence-corrected chi connectivity index (χ1v) is 11.4. The summed E-state index contributed by atoms with van der Waals surface area (Å²) in [6, 6.07) is 11.8. The van der Waals surface area contributed by atoms with E-state index in [2.05, 4.69) is 0 Å². The van der Waals surface area contributed by atoms with Crippen LogP contribution in [0.3, 0.4) is 0 Å². The summed E-state index contributed by atoms with van der Waals surface area (Å²) in [5.41, 5.74) is 3.22. The van der Waals surface area contributed by atoms with Crippen molar-refractivity contribution in [3.8, 4) is 17.2 Å². The van der Waals surface area contributed by atoms with Crippen molar-refractivity contribution in [2.45, 2.75) is 32.5 Å². The summed E-state index contributed by atoms with van der Waals surface area (Å²) in [4.78, 5) is 10.9. The van der Waals surface area contributed by atoms with Gasteiger partial charge in [0.2, 0.25) is 0 Å². The summed E-state index contributed by atoms with van der Waals surface area (Å²) in [6.45, 7) is 5.33. The normalized spacial score (nSPS) is 13.4. The molecule has 0 aliphatic rings. The molecule has 1 N–H and O–H groups in total. The second kappa shape index (κ2) is 10.6. The molecule has 0 saturated heterocycles. The van der Waals surface area contributed by atoms with Gasteiger partial charge in [0.15, 0.2) is 6.61 Å². The number of carboxylic acid groups (broad SMARTS) is 1. The summed E-state index contributed by atoms with van der Waals surface area (Å²) in [6.07, 6.45) is 5.58. The van der Waals surface area contributed by atoms with Gasteiger partial charge in [-0.3, -0.25) is 0 Å². The summed E-state index contributed by atoms with van der Waals surface area (Å²) in [7, 11) is 1.37. The lowest BCUT2D eigenvalue weighted by Crippen LogP contribution is -2.14. The molecule has 2 atom stereocenters. The predicted molar refractivity (Wildman–Crippen MR) is 134 cm³/mol. The van der Waals surface area contributed by atoms with E-state index in [0.717, 1.165) is 16.6 Å². The molecule has 34 heavy (non-hydrogen) atoms. The van der Waals surface area contributed by atoms with E-state index in [9.17, 15) is 13.6 Å². The van der Waals surface area contributed by atoms with E-state index in [1.54, 1.807) is 36.4 Å². The van der Waals surface area contributed by atoms with Crippen molar-refractivity contribution in [2.75, 3.05) is 6.61 Å². The summed E-state index contributed by atoms with van der Waals surface area (Å²) < 4.78 is 39.0. The van der Waals surface area contributed by atoms with Crippen LogP contribution in [0.2, 0.25) is 0 Å². The molecular formula is C25H25ClF2NO4P. The number of hydrogen-bond acceptors (Lipinski definition) is 3. The lowest BCUT2D eigenvalue weighted by Gasteiger charge is -2.14. The van der Waals surface area contributed by atoms with Gasteiger partial charge in [0.05, 0.1) is 5.52 Å². The molecule has 0 saturated carbocycles. The van der Waals surface area contributed by atoms with Gasteiger partial charge in [-0.25, -0.2) is 4.79 Å². The minimum absolute atomic E-state index is 0.0104. The molecule has 0 aliphatic heterocycles. The van der Waals surface area contributed by atoms with E-state index in [4.69, 9.17) is 26.2 Å². The molecule has 1 aromatic heterocycles. The van der Waals surface area contributed by atoms with Crippen LogP contribution in [0.15, 0.2) is 65.7 Å². The molecule has 3 aromatic rings. The van der Waals surface area contributed by atoms with Gasteiger partial charge in [0.25, 0.3) is 0 Å². The molecule has 0 amide bonds. The lowest BCUT2D eigenvalue weighted by atomic mass is 9.97. The highest BCUT2D eigenvalue weighted by Gasteiger charge is 2.25. The van der Waals surface area contributed by atoms with Crippen molar-refractivity contribution in [3.63, 3.8) is 0 Å². The summed E-state index contributed by atoms with van der Waals surface area (Å²) >= 11 is 6.13. The number of benzene rings is 2. The Hall–Kier alpha value is -2.89. The molecule has 0 bridgehead atoms. The Balaban J connectivity index is 2.20. The van der Waals surface area contributed by atoms with Crippen LogP contribution in [-0.4, -0.2) is 28.1 Å². The van der Waals surface area contributed by atoms with Crippen molar-refractivity contribution in [3.05, 3.63) is 77.0 Å². The molecule has 2 aromatic carbocycles. The van der Waals surface area contributed by atoms with Crippen molar-refractivity contribution < 1.29 is 28.2 Å². The zero-order valence-corrected chi connectivity index (χ0v) is 20.8. The Morgan fingerprint density at radius 1 is 1.26 bits per heavy atom. The average Bonchev–Trinajstić information content (AvgIpc) is 3.05. The number of rotatable bonds is 9. The Bertz CT molecular complexity index is 1260. The zero-order valence-electron chi connectivity index (χ0n) is 18.9. The fourth-order valence-electron chi connectivity index (χ4n) is 3.83. The van der Waals surface area contributed by atoms with Crippen LogP contribution in [-0.2, 0) is 4.79 Å². The van der Waals surface area contributed by atoms with E-state index in [-0.39, 0.29) is 11.7 Å². The number of fused-ring (bicyclic) bond motifs is 1. The largest absolute Gasteiger partial charge is 0.482 e. The second-order valence-corrected chi connectivity index (χ2v) is 8.79. The molecule has 5 nitrogen and oxygen atoms in total. The first-order valence-electron chi connectivity index (χ1n) is 10.5. The van der Waals surface area contributed by atoms with Gasteiger partial charge in [-0.2, -0.15) is 8.78 Å². The topological polar surface area (TPSA) is 60.7 Å². The Labute approximate surface area is 203 Å². The number of carboxylic acids is 1. The summed E-state index contributed by atoms with van der Waals surface area (Å²) in [5.74, 6) is -4.15. The van der Waals surface area contributed by atoms with Crippen LogP contribution in [0, 0.1) is 6.92 Å². The maximum Gasteiger partial charge on any atom is 0.408 e. The number of hydrogen-bond donors (Lipinski definition) is 1. The Kier molecular flexibility index (Phi) is 8.01. The third-order valence-electron chi connectivity index (χ3n) is 5.19. The average molecular weight is 508 g/mol. The molecular weight excluding hydrogens is 483 g/mol. The van der Waals surface area contributed by atoms with Crippen molar-refractivity contribution in [2.24, 2.45) is 0 Å². The Morgan fingerprint density at radius 3 is 2.65 bits per heavy atom. The predicted octanol–water partition coefficient (Wildman–Crippen LogP) is 7.01. The standard InChI is InChI=1S/C25H25ClF2NO4P/c1-4-17(26)9-8-15(2)24-16(3)29(18-6-5-7-19(12-18)32-14-23(30)31)22-13-20(10-11-21(22)24)33-25(27,28)34/h4-13,15H,14,34H2,1-3H3,(H,30,31)/b9-8-,17-4+. The second-order valence-electron chi connectivity index (χ2n) is 7.68. The SMILES string of the molecule is C/C=C(Cl)\C=C/C(C)c1c(C)n(-c2cccc(OCC(=O)O)c2)c2cc(OC(F)(F)P)ccc12. The highest BCUT2D eigenvalue weighted by Crippen LogP contribution is 2.38. The van der Waals surface area contributed by atoms with E-state index in [1.165, 1.54) is 15.3 Å². The van der Waals surface area contributed by atoms with Gasteiger partial charge >= 0.3 is 11.8 Å². The van der Waals surface area contributed by atoms with Crippen LogP contribution in [0.25, 0.3) is 16.6 Å². The Morgan fingerprint density at radius 2 is 2.00 bits per heavy atom. The molecule has 0 fully saturated rings. The van der Waals surface area contributed by atoms with Gasteiger partial charge in [0.1, 0.15) is 11.5 Å². The summed E-state index contributed by atoms with van der Waals surface area (Å²) in [5, 5.41) is 10.4. The minimum Gasteiger partial charge on any atom is -0.482 e. The van der Waals surface area contributed by atoms with Crippen LogP contribution >= 0.6 is 20.8 Å². The number of aromatic nitrogens is 1. The van der Waals surface area contributed by atoms with E-state index < -0.39 is 18.4 Å². The highest BCUT2D eigenvalue weighted by atomic mass is 35.5. The number of carbonyl (C=O) groups is 1. The fourth-order valence-corrected chi connectivity index (χ4v) is 4.04. The fraction of sp³-hybridized carbons (Fsp3) is 0.240. The molecule has 180 valence electrons. The maximum atomic E-state index is 13.5. The first-order chi connectivity index (χ1) is 16.0. The van der Waals surface area contributed by atoms with Gasteiger partial charge < -0.3 is 19.1 Å². The first kappa shape index (κ1) is 25.7. The molecule has 9 heteroatoms. The van der Waals surface area contributed by atoms with Crippen LogP contribution in [0.5, 0.6) is 11.5 Å². The van der Waals surface area contributed by atoms with E-state index in [1.807, 2.05) is 43.6 Å². The van der Waals surface area contributed by atoms with Crippen LogP contribution in [0.4, 0.5) is 8.78 Å². The third kappa shape index (κ3) is 6.16. The van der Waals surface area contributed by atoms with Crippen molar-refractivity contribution >= 4 is 37.7 Å². The minimum atomic E-state index is -3.41. The number of nitrogens with zero attached hydrogens (tertiary/aromatic N) is 1. The smallest absolute Gasteiger partial charge is 0.408 e.